The normalized spacial score (nSPS) is 12.2. The number of para-hydroxylation sites is 4. The lowest BCUT2D eigenvalue weighted by Crippen LogP contribution is -2.19. The Bertz CT molecular complexity index is 3740. The van der Waals surface area contributed by atoms with Crippen molar-refractivity contribution in [3.8, 4) is 23.0 Å². The topological polar surface area (TPSA) is 100 Å². The molecular formula is C116H176N4O4. The predicted molar refractivity (Wildman–Crippen MR) is 534 cm³/mol. The largest absolute Gasteiger partial charge is 0.493 e. The van der Waals surface area contributed by atoms with Gasteiger partial charge in [0.15, 0.2) is 0 Å². The Hall–Kier alpha value is -7.32. The molecule has 8 heteroatoms. The number of nitrogens with one attached hydrogen (secondary N) is 4. The SMILES string of the molecule is CCCCCCCCCCCCCCCCCCOc1ccccc1C1=c2ccc([nH]2)=C(c2ccccc2OCCCCCCCCCCCCCCCCCC)c2ccc([nH]2)C(c2ccccc2OCCCCCCCCCCCCCCCCCC)=c2ccc([nH]2)=C(c2ccccc2OCCCCCCCCCCCCCCCCCC)c2ccc1[nH]2. The predicted octanol–water partition coefficient (Wildman–Crippen LogP) is 32.9. The first-order valence-corrected chi connectivity index (χ1v) is 52.8. The van der Waals surface area contributed by atoms with E-state index < -0.39 is 0 Å². The highest BCUT2D eigenvalue weighted by atomic mass is 16.5. The van der Waals surface area contributed by atoms with Crippen LogP contribution in [0.3, 0.4) is 0 Å². The summed E-state index contributed by atoms with van der Waals surface area (Å²) in [7, 11) is 0. The molecule has 8 aromatic rings. The zero-order valence-electron chi connectivity index (χ0n) is 79.6. The van der Waals surface area contributed by atoms with Gasteiger partial charge >= 0.3 is 0 Å². The van der Waals surface area contributed by atoms with Crippen molar-refractivity contribution in [3.63, 3.8) is 0 Å². The Morgan fingerprint density at radius 2 is 0.298 bits per heavy atom. The van der Waals surface area contributed by atoms with Gasteiger partial charge in [0, 0.05) is 88.7 Å². The molecule has 1 aliphatic heterocycles. The monoisotopic (exact) mass is 1690 g/mol. The molecule has 4 aromatic carbocycles. The number of aromatic nitrogens is 4. The van der Waals surface area contributed by atoms with Crippen LogP contribution in [0.4, 0.5) is 0 Å². The second-order valence-electron chi connectivity index (χ2n) is 37.2. The Labute approximate surface area is 756 Å². The minimum absolute atomic E-state index is 0.663. The number of hydrogen-bond donors (Lipinski definition) is 4. The number of fused-ring (bicyclic) bond motifs is 8. The van der Waals surface area contributed by atoms with Crippen LogP contribution < -0.4 is 40.3 Å². The van der Waals surface area contributed by atoms with Crippen LogP contribution in [0, 0.1) is 0 Å². The summed E-state index contributed by atoms with van der Waals surface area (Å²) in [6.07, 6.45) is 85.8. The maximum absolute atomic E-state index is 7.03. The van der Waals surface area contributed by atoms with E-state index in [1.165, 1.54) is 385 Å². The summed E-state index contributed by atoms with van der Waals surface area (Å²) < 4.78 is 28.1. The summed E-state index contributed by atoms with van der Waals surface area (Å²) in [5.74, 6) is 3.54. The van der Waals surface area contributed by atoms with Gasteiger partial charge in [-0.3, -0.25) is 0 Å². The quantitative estimate of drug-likeness (QED) is 0.0285. The number of ether oxygens (including phenoxy) is 4. The molecule has 4 aromatic heterocycles. The molecule has 5 heterocycles. The number of H-pyrrole nitrogens is 4. The zero-order valence-corrected chi connectivity index (χ0v) is 79.6. The maximum Gasteiger partial charge on any atom is 0.127 e. The third-order valence-electron chi connectivity index (χ3n) is 26.5. The third kappa shape index (κ3) is 38.3. The zero-order chi connectivity index (χ0) is 86.3. The molecular weight excluding hydrogens is 1510 g/mol. The molecule has 0 unspecified atom stereocenters. The minimum atomic E-state index is 0.663. The van der Waals surface area contributed by atoms with Crippen molar-refractivity contribution in [3.05, 3.63) is 212 Å². The van der Waals surface area contributed by atoms with E-state index >= 15 is 0 Å². The fourth-order valence-electron chi connectivity index (χ4n) is 19.0. The lowest BCUT2D eigenvalue weighted by Gasteiger charge is -2.16. The summed E-state index contributed by atoms with van der Waals surface area (Å²) in [5.41, 5.74) is 12.2. The van der Waals surface area contributed by atoms with Gasteiger partial charge in [-0.1, -0.05) is 486 Å². The van der Waals surface area contributed by atoms with E-state index in [1.807, 2.05) is 0 Å². The van der Waals surface area contributed by atoms with E-state index in [0.29, 0.717) is 26.4 Å². The summed E-state index contributed by atoms with van der Waals surface area (Å²) in [4.78, 5) is 16.6. The van der Waals surface area contributed by atoms with E-state index in [-0.39, 0.29) is 0 Å². The van der Waals surface area contributed by atoms with Gasteiger partial charge in [-0.05, 0) is 98.5 Å². The Morgan fingerprint density at radius 1 is 0.153 bits per heavy atom. The van der Waals surface area contributed by atoms with Crippen molar-refractivity contribution < 1.29 is 18.9 Å². The smallest absolute Gasteiger partial charge is 0.127 e. The molecule has 0 spiro atoms. The number of hydrogen-bond acceptors (Lipinski definition) is 4. The van der Waals surface area contributed by atoms with Gasteiger partial charge in [0.25, 0.3) is 0 Å². The highest BCUT2D eigenvalue weighted by Gasteiger charge is 2.24. The summed E-state index contributed by atoms with van der Waals surface area (Å²) >= 11 is 0. The number of unbranched alkanes of at least 4 members (excludes halogenated alkanes) is 60. The molecule has 684 valence electrons. The number of aromatic amines is 4. The summed E-state index contributed by atoms with van der Waals surface area (Å²) in [6.45, 7) is 11.9. The van der Waals surface area contributed by atoms with E-state index in [1.54, 1.807) is 0 Å². The molecule has 124 heavy (non-hydrogen) atoms. The lowest BCUT2D eigenvalue weighted by molar-refractivity contribution is 0.303. The van der Waals surface area contributed by atoms with Crippen LogP contribution in [-0.4, -0.2) is 46.4 Å². The highest BCUT2D eigenvalue weighted by molar-refractivity contribution is 5.87. The van der Waals surface area contributed by atoms with Crippen LogP contribution >= 0.6 is 0 Å². The molecule has 8 bridgehead atoms. The number of benzene rings is 4. The van der Waals surface area contributed by atoms with Crippen LogP contribution in [0.1, 0.15) is 484 Å². The van der Waals surface area contributed by atoms with Gasteiger partial charge in [0.1, 0.15) is 23.0 Å². The number of rotatable bonds is 76. The molecule has 4 N–H and O–H groups in total. The fraction of sp³-hybridized carbons (Fsp3) is 0.621. The van der Waals surface area contributed by atoms with Crippen molar-refractivity contribution in [2.75, 3.05) is 26.4 Å². The fourth-order valence-corrected chi connectivity index (χ4v) is 19.0. The summed E-state index contributed by atoms with van der Waals surface area (Å²) in [6, 6.07) is 53.2. The van der Waals surface area contributed by atoms with Gasteiger partial charge in [-0.25, -0.2) is 0 Å². The second-order valence-corrected chi connectivity index (χ2v) is 37.2. The third-order valence-corrected chi connectivity index (χ3v) is 26.5. The average molecular weight is 1690 g/mol. The second kappa shape index (κ2) is 65.3. The molecule has 0 atom stereocenters. The van der Waals surface area contributed by atoms with Gasteiger partial charge < -0.3 is 38.9 Å². The first-order valence-electron chi connectivity index (χ1n) is 52.8. The van der Waals surface area contributed by atoms with Gasteiger partial charge in [-0.15, -0.1) is 0 Å². The molecule has 9 rings (SSSR count). The Balaban J connectivity index is 0.996. The van der Waals surface area contributed by atoms with Crippen molar-refractivity contribution in [2.45, 2.75) is 439 Å². The van der Waals surface area contributed by atoms with Crippen molar-refractivity contribution >= 4 is 22.3 Å². The van der Waals surface area contributed by atoms with Gasteiger partial charge in [0.2, 0.25) is 0 Å². The molecule has 0 saturated carbocycles. The van der Waals surface area contributed by atoms with Crippen LogP contribution in [-0.2, 0) is 0 Å². The van der Waals surface area contributed by atoms with Crippen LogP contribution in [0.2, 0.25) is 0 Å². The van der Waals surface area contributed by atoms with Crippen LogP contribution in [0.5, 0.6) is 23.0 Å². The molecule has 0 radical (unpaired) electrons. The van der Waals surface area contributed by atoms with Crippen molar-refractivity contribution in [1.82, 2.24) is 19.9 Å². The van der Waals surface area contributed by atoms with E-state index in [2.05, 4.69) is 193 Å². The molecule has 0 amide bonds. The summed E-state index contributed by atoms with van der Waals surface area (Å²) in [5, 5.41) is 3.94. The molecule has 0 saturated heterocycles. The first kappa shape index (κ1) is 100. The first-order chi connectivity index (χ1) is 61.6. The van der Waals surface area contributed by atoms with Crippen LogP contribution in [0.15, 0.2) is 146 Å². The highest BCUT2D eigenvalue weighted by Crippen LogP contribution is 2.37. The minimum Gasteiger partial charge on any atom is -0.493 e. The van der Waals surface area contributed by atoms with Crippen molar-refractivity contribution in [1.29, 1.82) is 0 Å². The average Bonchev–Trinajstić information content (AvgIpc) is 1.60. The van der Waals surface area contributed by atoms with Crippen LogP contribution in [0.25, 0.3) is 22.3 Å². The standard InChI is InChI=1S/C116H176N4O4/c1-5-9-13-17-21-25-29-33-37-41-45-49-53-57-61-73-93-121-109-81-69-65-77-97(109)113-101-85-87-103(117-101)114(98-78-66-70-82-110(98)122-94-74-62-58-54-50-46-42-38-34-30-26-22-18-14-10-6-2)105-89-91-107(119-105)116(100-80-68-72-84-112(100)124-96-76-64-60-56-52-48-44-40-36-32-28-24-20-16-12-8-4)108-92-90-106(120-108)115(104-88-86-102(113)118-104)99-79-67-71-83-111(99)123-95-75-63-59-55-51-47-43-39-35-31-27-23-19-15-11-7-3/h65-72,77-92,117-120H,5-64,73-76,93-96H2,1-4H3. The van der Waals surface area contributed by atoms with Crippen molar-refractivity contribution in [2.24, 2.45) is 0 Å². The van der Waals surface area contributed by atoms with E-state index in [0.717, 1.165) is 137 Å². The van der Waals surface area contributed by atoms with E-state index in [9.17, 15) is 0 Å². The van der Waals surface area contributed by atoms with Gasteiger partial charge in [0.05, 0.1) is 26.4 Å². The molecule has 0 aliphatic carbocycles. The molecule has 0 fully saturated rings. The Morgan fingerprint density at radius 3 is 0.460 bits per heavy atom. The van der Waals surface area contributed by atoms with E-state index in [4.69, 9.17) is 18.9 Å². The molecule has 1 aliphatic rings. The lowest BCUT2D eigenvalue weighted by atomic mass is 10.0. The molecule has 8 nitrogen and oxygen atoms in total. The Kier molecular flexibility index (Phi) is 52.9. The van der Waals surface area contributed by atoms with Gasteiger partial charge in [-0.2, -0.15) is 0 Å². The maximum atomic E-state index is 7.03.